The number of methoxy groups -OCH3 is 1. The Hall–Kier alpha value is -1.92. The van der Waals surface area contributed by atoms with Gasteiger partial charge in [0.05, 0.1) is 12.6 Å². The molecule has 1 aromatic carbocycles. The average Bonchev–Trinajstić information content (AvgIpc) is 2.45. The Kier molecular flexibility index (Phi) is 6.69. The second kappa shape index (κ2) is 8.29. The summed E-state index contributed by atoms with van der Waals surface area (Å²) in [6.07, 6.45) is 0. The third-order valence-corrected chi connectivity index (χ3v) is 2.88. The van der Waals surface area contributed by atoms with Gasteiger partial charge in [0.1, 0.15) is 0 Å². The van der Waals surface area contributed by atoms with Crippen molar-refractivity contribution in [3.05, 3.63) is 35.4 Å². The number of nitrogens with one attached hydrogen (secondary N) is 2. The quantitative estimate of drug-likeness (QED) is 0.585. The number of carbonyl (C=O) groups is 2. The van der Waals surface area contributed by atoms with Gasteiger partial charge in [-0.2, -0.15) is 0 Å². The Morgan fingerprint density at radius 3 is 2.70 bits per heavy atom. The molecule has 6 nitrogen and oxygen atoms in total. The van der Waals surface area contributed by atoms with Crippen molar-refractivity contribution in [2.24, 2.45) is 5.73 Å². The van der Waals surface area contributed by atoms with Gasteiger partial charge in [-0.25, -0.2) is 0 Å². The van der Waals surface area contributed by atoms with Crippen molar-refractivity contribution in [2.75, 3.05) is 20.3 Å². The van der Waals surface area contributed by atoms with Crippen LogP contribution < -0.4 is 16.4 Å². The summed E-state index contributed by atoms with van der Waals surface area (Å²) in [6, 6.07) is 6.69. The summed E-state index contributed by atoms with van der Waals surface area (Å²) < 4.78 is 4.86. The van der Waals surface area contributed by atoms with E-state index in [1.54, 1.807) is 26.2 Å². The van der Waals surface area contributed by atoms with E-state index in [-0.39, 0.29) is 11.9 Å². The van der Waals surface area contributed by atoms with E-state index < -0.39 is 5.91 Å². The molecule has 20 heavy (non-hydrogen) atoms. The lowest BCUT2D eigenvalue weighted by molar-refractivity contribution is -0.122. The van der Waals surface area contributed by atoms with Crippen LogP contribution in [0.2, 0.25) is 0 Å². The molecular formula is C14H21N3O3. The minimum Gasteiger partial charge on any atom is -0.383 e. The largest absolute Gasteiger partial charge is 0.383 e. The number of ether oxygens (including phenoxy) is 1. The van der Waals surface area contributed by atoms with Crippen LogP contribution in [0, 0.1) is 0 Å². The molecule has 0 aromatic heterocycles. The van der Waals surface area contributed by atoms with Crippen LogP contribution >= 0.6 is 0 Å². The molecule has 0 aliphatic rings. The van der Waals surface area contributed by atoms with E-state index in [0.29, 0.717) is 25.3 Å². The van der Waals surface area contributed by atoms with Gasteiger partial charge in [0.25, 0.3) is 0 Å². The molecular weight excluding hydrogens is 258 g/mol. The molecule has 6 heteroatoms. The van der Waals surface area contributed by atoms with Crippen LogP contribution in [0.3, 0.4) is 0 Å². The lowest BCUT2D eigenvalue weighted by Crippen LogP contribution is -2.43. The molecule has 0 fully saturated rings. The van der Waals surface area contributed by atoms with Crippen molar-refractivity contribution < 1.29 is 14.3 Å². The van der Waals surface area contributed by atoms with Gasteiger partial charge in [-0.1, -0.05) is 18.2 Å². The zero-order valence-electron chi connectivity index (χ0n) is 11.8. The fraction of sp³-hybridized carbons (Fsp3) is 0.429. The summed E-state index contributed by atoms with van der Waals surface area (Å²) in [4.78, 5) is 23.0. The second-order valence-corrected chi connectivity index (χ2v) is 4.41. The van der Waals surface area contributed by atoms with E-state index in [9.17, 15) is 9.59 Å². The Labute approximate surface area is 118 Å². The van der Waals surface area contributed by atoms with Gasteiger partial charge in [-0.15, -0.1) is 0 Å². The van der Waals surface area contributed by atoms with Gasteiger partial charge in [0, 0.05) is 25.8 Å². The van der Waals surface area contributed by atoms with Gasteiger partial charge < -0.3 is 21.1 Å². The number of primary amides is 1. The number of hydrogen-bond donors (Lipinski definition) is 3. The second-order valence-electron chi connectivity index (χ2n) is 4.41. The first kappa shape index (κ1) is 16.1. The molecule has 0 saturated carbocycles. The fourth-order valence-corrected chi connectivity index (χ4v) is 1.70. The Bertz CT molecular complexity index is 463. The van der Waals surface area contributed by atoms with Crippen molar-refractivity contribution in [1.29, 1.82) is 0 Å². The number of nitrogens with two attached hydrogens (primary N) is 1. The van der Waals surface area contributed by atoms with E-state index >= 15 is 0 Å². The van der Waals surface area contributed by atoms with Gasteiger partial charge in [-0.05, 0) is 18.6 Å². The molecule has 0 heterocycles. The van der Waals surface area contributed by atoms with Crippen molar-refractivity contribution in [2.45, 2.75) is 19.5 Å². The van der Waals surface area contributed by atoms with Crippen LogP contribution in [-0.2, 0) is 16.1 Å². The molecule has 110 valence electrons. The summed E-state index contributed by atoms with van der Waals surface area (Å²) in [6.45, 7) is 3.11. The molecule has 1 rings (SSSR count). The smallest absolute Gasteiger partial charge is 0.249 e. The Balaban J connectivity index is 2.50. The van der Waals surface area contributed by atoms with Crippen molar-refractivity contribution in [3.8, 4) is 0 Å². The number of benzene rings is 1. The summed E-state index contributed by atoms with van der Waals surface area (Å²) in [5.41, 5.74) is 6.54. The summed E-state index contributed by atoms with van der Waals surface area (Å²) >= 11 is 0. The number of rotatable bonds is 8. The highest BCUT2D eigenvalue weighted by atomic mass is 16.5. The first-order chi connectivity index (χ1) is 9.56. The topological polar surface area (TPSA) is 93.4 Å². The van der Waals surface area contributed by atoms with E-state index in [0.717, 1.165) is 5.56 Å². The third kappa shape index (κ3) is 4.99. The maximum absolute atomic E-state index is 11.7. The minimum absolute atomic E-state index is 0.112. The van der Waals surface area contributed by atoms with Crippen molar-refractivity contribution >= 4 is 11.8 Å². The highest BCUT2D eigenvalue weighted by molar-refractivity contribution is 5.94. The Morgan fingerprint density at radius 2 is 2.05 bits per heavy atom. The van der Waals surface area contributed by atoms with Gasteiger partial charge in [0.2, 0.25) is 11.8 Å². The molecule has 1 unspecified atom stereocenters. The molecule has 2 amide bonds. The van der Waals surface area contributed by atoms with Crippen LogP contribution in [0.5, 0.6) is 0 Å². The summed E-state index contributed by atoms with van der Waals surface area (Å²) in [5, 5.41) is 5.80. The van der Waals surface area contributed by atoms with Crippen molar-refractivity contribution in [1.82, 2.24) is 10.6 Å². The van der Waals surface area contributed by atoms with Crippen LogP contribution in [-0.4, -0.2) is 38.1 Å². The summed E-state index contributed by atoms with van der Waals surface area (Å²) in [7, 11) is 1.58. The molecule has 0 aliphatic heterocycles. The van der Waals surface area contributed by atoms with Gasteiger partial charge in [-0.3, -0.25) is 9.59 Å². The SMILES string of the molecule is COCCNC(=O)C(C)NCc1ccccc1C(N)=O. The van der Waals surface area contributed by atoms with Gasteiger partial charge >= 0.3 is 0 Å². The Morgan fingerprint density at radius 1 is 1.35 bits per heavy atom. The summed E-state index contributed by atoms with van der Waals surface area (Å²) in [5.74, 6) is -0.585. The number of carbonyl (C=O) groups excluding carboxylic acids is 2. The van der Waals surface area contributed by atoms with Crippen LogP contribution in [0.1, 0.15) is 22.8 Å². The van der Waals surface area contributed by atoms with Crippen molar-refractivity contribution in [3.63, 3.8) is 0 Å². The van der Waals surface area contributed by atoms with E-state index in [4.69, 9.17) is 10.5 Å². The highest BCUT2D eigenvalue weighted by Gasteiger charge is 2.13. The van der Waals surface area contributed by atoms with Crippen LogP contribution in [0.4, 0.5) is 0 Å². The average molecular weight is 279 g/mol. The molecule has 1 aromatic rings. The highest BCUT2D eigenvalue weighted by Crippen LogP contribution is 2.07. The number of amides is 2. The fourth-order valence-electron chi connectivity index (χ4n) is 1.70. The molecule has 0 saturated heterocycles. The first-order valence-electron chi connectivity index (χ1n) is 6.44. The van der Waals surface area contributed by atoms with E-state index in [1.165, 1.54) is 0 Å². The lowest BCUT2D eigenvalue weighted by atomic mass is 10.1. The molecule has 1 atom stereocenters. The van der Waals surface area contributed by atoms with Crippen LogP contribution in [0.25, 0.3) is 0 Å². The predicted octanol–water partition coefficient (Wildman–Crippen LogP) is 0.0262. The monoisotopic (exact) mass is 279 g/mol. The zero-order valence-corrected chi connectivity index (χ0v) is 11.8. The third-order valence-electron chi connectivity index (χ3n) is 2.88. The van der Waals surface area contributed by atoms with E-state index in [1.807, 2.05) is 12.1 Å². The maximum Gasteiger partial charge on any atom is 0.249 e. The normalized spacial score (nSPS) is 11.9. The molecule has 0 aliphatic carbocycles. The predicted molar refractivity (Wildman–Crippen MR) is 76.1 cm³/mol. The zero-order chi connectivity index (χ0) is 15.0. The molecule has 4 N–H and O–H groups in total. The lowest BCUT2D eigenvalue weighted by Gasteiger charge is -2.15. The standard InChI is InChI=1S/C14H21N3O3/c1-10(14(19)16-7-8-20-2)17-9-11-5-3-4-6-12(11)13(15)18/h3-6,10,17H,7-9H2,1-2H3,(H2,15,18)(H,16,19). The maximum atomic E-state index is 11.7. The minimum atomic E-state index is -0.473. The number of hydrogen-bond acceptors (Lipinski definition) is 4. The van der Waals surface area contributed by atoms with Gasteiger partial charge in [0.15, 0.2) is 0 Å². The molecule has 0 radical (unpaired) electrons. The molecule has 0 spiro atoms. The first-order valence-corrected chi connectivity index (χ1v) is 6.44. The molecule has 0 bridgehead atoms. The van der Waals surface area contributed by atoms with Crippen LogP contribution in [0.15, 0.2) is 24.3 Å². The van der Waals surface area contributed by atoms with E-state index in [2.05, 4.69) is 10.6 Å².